The van der Waals surface area contributed by atoms with Crippen LogP contribution in [0.5, 0.6) is 0 Å². The highest BCUT2D eigenvalue weighted by Gasteiger charge is 2.18. The number of unbranched alkanes of at least 4 members (excludes halogenated alkanes) is 5. The number of aromatic carboxylic acids is 2. The lowest BCUT2D eigenvalue weighted by molar-refractivity contribution is 0.0684. The molecule has 2 aromatic carbocycles. The molecule has 0 aliphatic rings. The summed E-state index contributed by atoms with van der Waals surface area (Å²) in [6.07, 6.45) is 18.5. The predicted molar refractivity (Wildman–Crippen MR) is 205 cm³/mol. The van der Waals surface area contributed by atoms with Gasteiger partial charge >= 0.3 is 11.9 Å². The Balaban J connectivity index is 0.000000490. The number of carbonyl (C=O) groups is 2. The van der Waals surface area contributed by atoms with Crippen molar-refractivity contribution in [1.29, 1.82) is 0 Å². The average molecular weight is 683 g/mol. The predicted octanol–water partition coefficient (Wildman–Crippen LogP) is 11.0. The van der Waals surface area contributed by atoms with E-state index in [1.165, 1.54) is 60.8 Å². The number of hydrogen-bond acceptors (Lipinski definition) is 4. The number of rotatable bonds is 25. The second kappa shape index (κ2) is 26.2. The fourth-order valence-electron chi connectivity index (χ4n) is 6.65. The summed E-state index contributed by atoms with van der Waals surface area (Å²) in [5.74, 6) is -0.139. The van der Waals surface area contributed by atoms with Gasteiger partial charge in [0.1, 0.15) is 0 Å². The molecule has 0 bridgehead atoms. The minimum absolute atomic E-state index is 0.448. The van der Waals surface area contributed by atoms with Crippen molar-refractivity contribution < 1.29 is 29.3 Å². The third-order valence-electron chi connectivity index (χ3n) is 9.37. The molecule has 0 heterocycles. The molecule has 2 aromatic rings. The molecule has 2 rings (SSSR count). The molecule has 0 saturated heterocycles. The zero-order chi connectivity index (χ0) is 36.6. The van der Waals surface area contributed by atoms with Gasteiger partial charge in [0.15, 0.2) is 0 Å². The molecular weight excluding hydrogens is 612 g/mol. The Labute approximate surface area is 299 Å². The smallest absolute Gasteiger partial charge is 0.335 e. The van der Waals surface area contributed by atoms with E-state index in [0.29, 0.717) is 37.2 Å². The number of ether oxygens (including phenoxy) is 2. The molecule has 0 unspecified atom stereocenters. The minimum atomic E-state index is -0.829. The molecule has 0 radical (unpaired) electrons. The molecule has 0 atom stereocenters. The Morgan fingerprint density at radius 2 is 0.959 bits per heavy atom. The quantitative estimate of drug-likeness (QED) is 0.101. The molecule has 0 spiro atoms. The second-order valence-electron chi connectivity index (χ2n) is 14.4. The maximum Gasteiger partial charge on any atom is 0.335 e. The largest absolute Gasteiger partial charge is 0.478 e. The van der Waals surface area contributed by atoms with E-state index in [1.54, 1.807) is 26.4 Å². The summed E-state index contributed by atoms with van der Waals surface area (Å²) in [4.78, 5) is 23.3. The van der Waals surface area contributed by atoms with Gasteiger partial charge in [0.25, 0.3) is 0 Å². The molecule has 278 valence electrons. The van der Waals surface area contributed by atoms with Crippen LogP contribution in [-0.2, 0) is 48.0 Å². The molecule has 2 N–H and O–H groups in total. The maximum atomic E-state index is 11.7. The molecule has 6 nitrogen and oxygen atoms in total. The standard InChI is InChI=1S/C22H36O3.C21H34O3/c1-5-6-11-18-13-14-21(22(23)24)20(15-16-25-4)19(18)12-9-7-8-10-17(2)3;1-5-9-17-12-13-20(21(22)23)19(14-15-24-4)18(17)11-8-6-7-10-16(2)3/h13-14,17H,5-12,15-16H2,1-4H3,(H,23,24);12-13,16H,5-11,14-15H2,1-4H3,(H,22,23). The van der Waals surface area contributed by atoms with Crippen LogP contribution >= 0.6 is 0 Å². The van der Waals surface area contributed by atoms with Crippen molar-refractivity contribution in [1.82, 2.24) is 0 Å². The maximum absolute atomic E-state index is 11.7. The summed E-state index contributed by atoms with van der Waals surface area (Å²) >= 11 is 0. The third kappa shape index (κ3) is 17.2. The van der Waals surface area contributed by atoms with E-state index in [4.69, 9.17) is 9.47 Å². The molecule has 0 aliphatic heterocycles. The van der Waals surface area contributed by atoms with E-state index < -0.39 is 11.9 Å². The number of hydrogen-bond donors (Lipinski definition) is 2. The number of benzene rings is 2. The fourth-order valence-corrected chi connectivity index (χ4v) is 6.65. The van der Waals surface area contributed by atoms with Crippen molar-refractivity contribution in [3.05, 3.63) is 68.8 Å². The molecule has 0 saturated carbocycles. The Morgan fingerprint density at radius 1 is 0.531 bits per heavy atom. The van der Waals surface area contributed by atoms with Crippen molar-refractivity contribution in [3.8, 4) is 0 Å². The van der Waals surface area contributed by atoms with Gasteiger partial charge < -0.3 is 19.7 Å². The number of methoxy groups -OCH3 is 2. The highest BCUT2D eigenvalue weighted by atomic mass is 16.5. The Morgan fingerprint density at radius 3 is 1.31 bits per heavy atom. The summed E-state index contributed by atoms with van der Waals surface area (Å²) in [5, 5.41) is 19.1. The van der Waals surface area contributed by atoms with Crippen molar-refractivity contribution in [3.63, 3.8) is 0 Å². The molecule has 0 aromatic heterocycles. The Bertz CT molecular complexity index is 1220. The van der Waals surface area contributed by atoms with Crippen molar-refractivity contribution in [2.24, 2.45) is 11.8 Å². The van der Waals surface area contributed by atoms with Gasteiger partial charge in [-0.2, -0.15) is 0 Å². The SMILES string of the molecule is CCCCc1ccc(C(=O)O)c(CCOC)c1CCCCCC(C)C.CCCc1ccc(C(=O)O)c(CCOC)c1CCCCCC(C)C. The van der Waals surface area contributed by atoms with Crippen LogP contribution in [0.15, 0.2) is 24.3 Å². The molecule has 0 fully saturated rings. The lowest BCUT2D eigenvalue weighted by atomic mass is 9.88. The van der Waals surface area contributed by atoms with Crippen LogP contribution in [0.3, 0.4) is 0 Å². The first-order valence-electron chi connectivity index (χ1n) is 19.2. The van der Waals surface area contributed by atoms with E-state index in [1.807, 2.05) is 12.1 Å². The lowest BCUT2D eigenvalue weighted by Crippen LogP contribution is -2.11. The van der Waals surface area contributed by atoms with Gasteiger partial charge in [-0.1, -0.05) is 105 Å². The lowest BCUT2D eigenvalue weighted by Gasteiger charge is -2.18. The molecule has 49 heavy (non-hydrogen) atoms. The van der Waals surface area contributed by atoms with E-state index in [2.05, 4.69) is 41.5 Å². The third-order valence-corrected chi connectivity index (χ3v) is 9.37. The van der Waals surface area contributed by atoms with Crippen molar-refractivity contribution in [2.45, 2.75) is 151 Å². The Kier molecular flexibility index (Phi) is 23.7. The highest BCUT2D eigenvalue weighted by molar-refractivity contribution is 5.90. The first-order chi connectivity index (χ1) is 23.5. The minimum Gasteiger partial charge on any atom is -0.478 e. The van der Waals surface area contributed by atoms with Gasteiger partial charge in [-0.25, -0.2) is 9.59 Å². The zero-order valence-corrected chi connectivity index (χ0v) is 32.4. The zero-order valence-electron chi connectivity index (χ0n) is 32.4. The topological polar surface area (TPSA) is 93.1 Å². The van der Waals surface area contributed by atoms with Gasteiger partial charge in [-0.05, 0) is 115 Å². The monoisotopic (exact) mass is 683 g/mol. The van der Waals surface area contributed by atoms with Crippen LogP contribution in [0.25, 0.3) is 0 Å². The van der Waals surface area contributed by atoms with Crippen LogP contribution in [0.2, 0.25) is 0 Å². The van der Waals surface area contributed by atoms with Crippen LogP contribution in [0.1, 0.15) is 166 Å². The van der Waals surface area contributed by atoms with Crippen LogP contribution in [0.4, 0.5) is 0 Å². The summed E-state index contributed by atoms with van der Waals surface area (Å²) < 4.78 is 10.4. The Hall–Kier alpha value is -2.70. The van der Waals surface area contributed by atoms with E-state index in [-0.39, 0.29) is 0 Å². The summed E-state index contributed by atoms with van der Waals surface area (Å²) in [6, 6.07) is 7.63. The van der Waals surface area contributed by atoms with Crippen LogP contribution < -0.4 is 0 Å². The molecule has 6 heteroatoms. The van der Waals surface area contributed by atoms with Gasteiger partial charge in [0.05, 0.1) is 24.3 Å². The van der Waals surface area contributed by atoms with E-state index >= 15 is 0 Å². The van der Waals surface area contributed by atoms with Gasteiger partial charge in [0.2, 0.25) is 0 Å². The highest BCUT2D eigenvalue weighted by Crippen LogP contribution is 2.26. The van der Waals surface area contributed by atoms with E-state index in [0.717, 1.165) is 80.8 Å². The average Bonchev–Trinajstić information content (AvgIpc) is 3.05. The fraction of sp³-hybridized carbons (Fsp3) is 0.674. The number of carboxylic acid groups (broad SMARTS) is 2. The number of aryl methyl sites for hydroxylation is 2. The number of carboxylic acids is 2. The van der Waals surface area contributed by atoms with Gasteiger partial charge in [0, 0.05) is 14.2 Å². The van der Waals surface area contributed by atoms with Gasteiger partial charge in [-0.3, -0.25) is 0 Å². The molecule has 0 amide bonds. The molecular formula is C43H70O6. The van der Waals surface area contributed by atoms with E-state index in [9.17, 15) is 19.8 Å². The summed E-state index contributed by atoms with van der Waals surface area (Å²) in [6.45, 7) is 14.6. The molecule has 0 aliphatic carbocycles. The normalized spacial score (nSPS) is 11.2. The van der Waals surface area contributed by atoms with Crippen LogP contribution in [0, 0.1) is 11.8 Å². The first-order valence-corrected chi connectivity index (χ1v) is 19.2. The second-order valence-corrected chi connectivity index (χ2v) is 14.4. The van der Waals surface area contributed by atoms with Crippen molar-refractivity contribution >= 4 is 11.9 Å². The summed E-state index contributed by atoms with van der Waals surface area (Å²) in [5.41, 5.74) is 8.07. The van der Waals surface area contributed by atoms with Crippen LogP contribution in [-0.4, -0.2) is 49.6 Å². The van der Waals surface area contributed by atoms with Crippen molar-refractivity contribution in [2.75, 3.05) is 27.4 Å². The summed E-state index contributed by atoms with van der Waals surface area (Å²) in [7, 11) is 3.34. The van der Waals surface area contributed by atoms with Gasteiger partial charge in [-0.15, -0.1) is 0 Å². The first kappa shape index (κ1) is 44.3.